The summed E-state index contributed by atoms with van der Waals surface area (Å²) in [6.45, 7) is 1.72. The molecule has 21 heavy (non-hydrogen) atoms. The van der Waals surface area contributed by atoms with Gasteiger partial charge in [0, 0.05) is 11.5 Å². The van der Waals surface area contributed by atoms with Crippen molar-refractivity contribution in [1.29, 1.82) is 0 Å². The minimum absolute atomic E-state index is 0.339. The van der Waals surface area contributed by atoms with Gasteiger partial charge >= 0.3 is 7.12 Å². The number of likely N-dealkylation sites (tertiary alicyclic amines) is 1. The summed E-state index contributed by atoms with van der Waals surface area (Å²) in [5.74, 6) is 1.08. The zero-order chi connectivity index (χ0) is 15.2. The van der Waals surface area contributed by atoms with E-state index in [1.54, 1.807) is 25.3 Å². The maximum Gasteiger partial charge on any atom is 0.492 e. The van der Waals surface area contributed by atoms with Crippen molar-refractivity contribution in [2.24, 2.45) is 0 Å². The van der Waals surface area contributed by atoms with E-state index >= 15 is 0 Å². The molecule has 0 amide bonds. The molecule has 1 aliphatic heterocycles. The molecule has 1 fully saturated rings. The number of ether oxygens (including phenoxy) is 2. The third-order valence-corrected chi connectivity index (χ3v) is 4.13. The van der Waals surface area contributed by atoms with Crippen molar-refractivity contribution in [2.45, 2.75) is 31.7 Å². The lowest BCUT2D eigenvalue weighted by atomic mass is 9.79. The summed E-state index contributed by atoms with van der Waals surface area (Å²) in [5.41, 5.74) is 0.339. The van der Waals surface area contributed by atoms with Crippen LogP contribution in [-0.2, 0) is 0 Å². The highest BCUT2D eigenvalue weighted by molar-refractivity contribution is 6.59. The molecule has 0 bridgehead atoms. The van der Waals surface area contributed by atoms with E-state index in [1.807, 2.05) is 0 Å². The highest BCUT2D eigenvalue weighted by Crippen LogP contribution is 2.19. The first-order chi connectivity index (χ1) is 10.1. The van der Waals surface area contributed by atoms with Gasteiger partial charge in [-0.15, -0.1) is 0 Å². The monoisotopic (exact) mass is 293 g/mol. The molecular weight excluding hydrogens is 269 g/mol. The van der Waals surface area contributed by atoms with Crippen molar-refractivity contribution >= 4 is 12.6 Å². The maximum atomic E-state index is 9.43. The largest absolute Gasteiger partial charge is 0.497 e. The van der Waals surface area contributed by atoms with E-state index in [4.69, 9.17) is 9.47 Å². The average Bonchev–Trinajstić information content (AvgIpc) is 2.49. The minimum Gasteiger partial charge on any atom is -0.497 e. The molecule has 5 nitrogen and oxygen atoms in total. The summed E-state index contributed by atoms with van der Waals surface area (Å²) in [4.78, 5) is 2.38. The van der Waals surface area contributed by atoms with Gasteiger partial charge in [0.25, 0.3) is 0 Å². The van der Waals surface area contributed by atoms with Crippen LogP contribution < -0.4 is 14.9 Å². The average molecular weight is 293 g/mol. The van der Waals surface area contributed by atoms with Gasteiger partial charge in [0.1, 0.15) is 11.5 Å². The van der Waals surface area contributed by atoms with Gasteiger partial charge in [0.05, 0.1) is 13.7 Å². The lowest BCUT2D eigenvalue weighted by Gasteiger charge is -2.32. The molecule has 1 atom stereocenters. The zero-order valence-electron chi connectivity index (χ0n) is 12.8. The Balaban J connectivity index is 1.93. The van der Waals surface area contributed by atoms with Gasteiger partial charge in [-0.05, 0) is 51.1 Å². The first-order valence-corrected chi connectivity index (χ1v) is 7.49. The van der Waals surface area contributed by atoms with Crippen LogP contribution >= 0.6 is 0 Å². The van der Waals surface area contributed by atoms with E-state index in [-0.39, 0.29) is 0 Å². The van der Waals surface area contributed by atoms with Gasteiger partial charge in [-0.1, -0.05) is 6.42 Å². The standard InChI is InChI=1S/C15H24BNO4/c1-17-9-4-3-5-12(17)8-10-21-15-7-6-13(20-2)11-14(15)16(18)19/h6-7,11-12,18-19H,3-5,8-10H2,1-2H3. The molecule has 1 aromatic carbocycles. The van der Waals surface area contributed by atoms with Crippen molar-refractivity contribution in [1.82, 2.24) is 4.90 Å². The molecule has 1 heterocycles. The van der Waals surface area contributed by atoms with Crippen LogP contribution in [0.25, 0.3) is 0 Å². The third kappa shape index (κ3) is 4.36. The van der Waals surface area contributed by atoms with Crippen LogP contribution in [0.2, 0.25) is 0 Å². The minimum atomic E-state index is -1.56. The number of nitrogens with zero attached hydrogens (tertiary/aromatic N) is 1. The van der Waals surface area contributed by atoms with Crippen molar-refractivity contribution in [3.8, 4) is 11.5 Å². The van der Waals surface area contributed by atoms with Crippen LogP contribution in [0.3, 0.4) is 0 Å². The molecule has 0 saturated carbocycles. The Hall–Kier alpha value is -1.24. The van der Waals surface area contributed by atoms with Crippen LogP contribution in [0, 0.1) is 0 Å². The van der Waals surface area contributed by atoms with Gasteiger partial charge in [0.2, 0.25) is 0 Å². The van der Waals surface area contributed by atoms with Gasteiger partial charge in [-0.25, -0.2) is 0 Å². The van der Waals surface area contributed by atoms with E-state index in [9.17, 15) is 10.0 Å². The Morgan fingerprint density at radius 1 is 1.33 bits per heavy atom. The number of methoxy groups -OCH3 is 1. The first kappa shape index (κ1) is 16.1. The first-order valence-electron chi connectivity index (χ1n) is 7.49. The second-order valence-corrected chi connectivity index (χ2v) is 5.54. The number of benzene rings is 1. The zero-order valence-corrected chi connectivity index (χ0v) is 12.8. The second-order valence-electron chi connectivity index (χ2n) is 5.54. The van der Waals surface area contributed by atoms with Crippen LogP contribution in [0.4, 0.5) is 0 Å². The lowest BCUT2D eigenvalue weighted by molar-refractivity contribution is 0.153. The molecule has 1 aliphatic rings. The molecule has 6 heteroatoms. The molecule has 0 spiro atoms. The fourth-order valence-corrected chi connectivity index (χ4v) is 2.80. The third-order valence-electron chi connectivity index (χ3n) is 4.13. The molecular formula is C15H24BNO4. The SMILES string of the molecule is COc1ccc(OCCC2CCCCN2C)c(B(O)O)c1. The molecule has 1 aromatic rings. The summed E-state index contributed by atoms with van der Waals surface area (Å²) in [5, 5.41) is 18.9. The Bertz CT molecular complexity index is 455. The highest BCUT2D eigenvalue weighted by Gasteiger charge is 2.21. The van der Waals surface area contributed by atoms with E-state index in [0.29, 0.717) is 29.6 Å². The van der Waals surface area contributed by atoms with Gasteiger partial charge in [-0.2, -0.15) is 0 Å². The summed E-state index contributed by atoms with van der Waals surface area (Å²) < 4.78 is 10.8. The Morgan fingerprint density at radius 2 is 2.14 bits per heavy atom. The number of rotatable bonds is 6. The van der Waals surface area contributed by atoms with Gasteiger partial charge in [0.15, 0.2) is 0 Å². The summed E-state index contributed by atoms with van der Waals surface area (Å²) in [7, 11) is 2.13. The van der Waals surface area contributed by atoms with E-state index in [1.165, 1.54) is 19.3 Å². The van der Waals surface area contributed by atoms with E-state index < -0.39 is 7.12 Å². The van der Waals surface area contributed by atoms with Crippen molar-refractivity contribution < 1.29 is 19.5 Å². The van der Waals surface area contributed by atoms with Crippen LogP contribution in [0.5, 0.6) is 11.5 Å². The smallest absolute Gasteiger partial charge is 0.492 e. The molecule has 1 saturated heterocycles. The molecule has 1 unspecified atom stereocenters. The van der Waals surface area contributed by atoms with E-state index in [2.05, 4.69) is 11.9 Å². The topological polar surface area (TPSA) is 62.2 Å². The summed E-state index contributed by atoms with van der Waals surface area (Å²) in [6, 6.07) is 5.62. The lowest BCUT2D eigenvalue weighted by Crippen LogP contribution is -2.37. The van der Waals surface area contributed by atoms with Crippen molar-refractivity contribution in [3.05, 3.63) is 18.2 Å². The predicted octanol–water partition coefficient (Wildman–Crippen LogP) is 0.628. The molecule has 0 aromatic heterocycles. The summed E-state index contributed by atoms with van der Waals surface area (Å²) in [6.07, 6.45) is 4.70. The Morgan fingerprint density at radius 3 is 2.81 bits per heavy atom. The van der Waals surface area contributed by atoms with Crippen molar-refractivity contribution in [2.75, 3.05) is 27.3 Å². The van der Waals surface area contributed by atoms with Crippen LogP contribution in [0.15, 0.2) is 18.2 Å². The molecule has 2 N–H and O–H groups in total. The fraction of sp³-hybridized carbons (Fsp3) is 0.600. The molecule has 116 valence electrons. The quantitative estimate of drug-likeness (QED) is 0.753. The normalized spacial score (nSPS) is 19.3. The van der Waals surface area contributed by atoms with E-state index in [0.717, 1.165) is 13.0 Å². The predicted molar refractivity (Wildman–Crippen MR) is 83.2 cm³/mol. The van der Waals surface area contributed by atoms with Crippen LogP contribution in [-0.4, -0.2) is 55.4 Å². The van der Waals surface area contributed by atoms with Gasteiger partial charge in [-0.3, -0.25) is 0 Å². The number of hydrogen-bond acceptors (Lipinski definition) is 5. The molecule has 0 radical (unpaired) electrons. The fourth-order valence-electron chi connectivity index (χ4n) is 2.80. The van der Waals surface area contributed by atoms with Gasteiger partial charge < -0.3 is 24.4 Å². The Labute approximate surface area is 126 Å². The second kappa shape index (κ2) is 7.68. The van der Waals surface area contributed by atoms with Crippen molar-refractivity contribution in [3.63, 3.8) is 0 Å². The number of hydrogen-bond donors (Lipinski definition) is 2. The highest BCUT2D eigenvalue weighted by atomic mass is 16.5. The Kier molecular flexibility index (Phi) is 5.90. The van der Waals surface area contributed by atoms with Crippen LogP contribution in [0.1, 0.15) is 25.7 Å². The molecule has 0 aliphatic carbocycles. The molecule has 2 rings (SSSR count). The number of piperidine rings is 1. The maximum absolute atomic E-state index is 9.43. The summed E-state index contributed by atoms with van der Waals surface area (Å²) >= 11 is 0.